The molecule has 3 aromatic rings. The second-order valence-corrected chi connectivity index (χ2v) is 8.50. The zero-order valence-corrected chi connectivity index (χ0v) is 18.3. The van der Waals surface area contributed by atoms with Crippen LogP contribution in [0.1, 0.15) is 38.7 Å². The molecule has 0 amide bonds. The molecule has 0 aliphatic heterocycles. The van der Waals surface area contributed by atoms with Gasteiger partial charge in [0, 0.05) is 29.8 Å². The van der Waals surface area contributed by atoms with Crippen LogP contribution in [0.3, 0.4) is 0 Å². The van der Waals surface area contributed by atoms with Crippen LogP contribution in [0.2, 0.25) is 0 Å². The molecule has 8 nitrogen and oxygen atoms in total. The average molecular weight is 429 g/mol. The third-order valence-electron chi connectivity index (χ3n) is 5.03. The lowest BCUT2D eigenvalue weighted by atomic mass is 9.96. The fourth-order valence-corrected chi connectivity index (χ4v) is 3.90. The first-order chi connectivity index (χ1) is 14.4. The van der Waals surface area contributed by atoms with Crippen molar-refractivity contribution < 1.29 is 5.11 Å². The average Bonchev–Trinajstić information content (AvgIpc) is 2.73. The number of aliphatic hydroxyl groups excluding tert-OH is 1. The van der Waals surface area contributed by atoms with Crippen molar-refractivity contribution in [2.75, 3.05) is 23.9 Å². The Hall–Kier alpha value is -2.65. The van der Waals surface area contributed by atoms with E-state index in [9.17, 15) is 9.90 Å². The van der Waals surface area contributed by atoms with E-state index in [4.69, 9.17) is 5.73 Å². The Balaban J connectivity index is 2.07. The summed E-state index contributed by atoms with van der Waals surface area (Å²) in [5.74, 6) is 1.37. The van der Waals surface area contributed by atoms with Crippen LogP contribution >= 0.6 is 11.8 Å². The minimum atomic E-state index is -0.539. The predicted molar refractivity (Wildman–Crippen MR) is 124 cm³/mol. The van der Waals surface area contributed by atoms with Gasteiger partial charge in [0.2, 0.25) is 11.5 Å². The van der Waals surface area contributed by atoms with E-state index in [2.05, 4.69) is 32.2 Å². The van der Waals surface area contributed by atoms with Gasteiger partial charge in [-0.25, -0.2) is 4.98 Å². The van der Waals surface area contributed by atoms with Gasteiger partial charge in [0.1, 0.15) is 5.52 Å². The molecule has 0 unspecified atom stereocenters. The predicted octanol–water partition coefficient (Wildman–Crippen LogP) is 3.18. The Kier molecular flexibility index (Phi) is 6.94. The highest BCUT2D eigenvalue weighted by Crippen LogP contribution is 2.30. The van der Waals surface area contributed by atoms with E-state index in [1.165, 1.54) is 0 Å². The largest absolute Gasteiger partial charge is 0.394 e. The van der Waals surface area contributed by atoms with Crippen molar-refractivity contribution >= 4 is 34.6 Å². The van der Waals surface area contributed by atoms with E-state index in [0.29, 0.717) is 16.9 Å². The molecule has 1 atom stereocenters. The van der Waals surface area contributed by atoms with Gasteiger partial charge in [-0.2, -0.15) is 16.7 Å². The summed E-state index contributed by atoms with van der Waals surface area (Å²) in [6.07, 6.45) is 8.25. The van der Waals surface area contributed by atoms with Gasteiger partial charge < -0.3 is 21.1 Å². The van der Waals surface area contributed by atoms with Crippen molar-refractivity contribution in [3.8, 4) is 11.1 Å². The summed E-state index contributed by atoms with van der Waals surface area (Å²) in [5, 5.41) is 13.2. The van der Waals surface area contributed by atoms with Crippen molar-refractivity contribution in [3.63, 3.8) is 0 Å². The molecule has 160 valence electrons. The first-order valence-electron chi connectivity index (χ1n) is 9.92. The number of rotatable bonds is 9. The lowest BCUT2D eigenvalue weighted by Gasteiger charge is -2.29. The number of hydrogen-bond acceptors (Lipinski definition) is 8. The number of thioether (sulfide) groups is 1. The minimum absolute atomic E-state index is 0.0404. The zero-order valence-electron chi connectivity index (χ0n) is 17.5. The van der Waals surface area contributed by atoms with E-state index in [1.54, 1.807) is 30.2 Å². The summed E-state index contributed by atoms with van der Waals surface area (Å²) in [5.41, 5.74) is 9.02. The van der Waals surface area contributed by atoms with Crippen molar-refractivity contribution in [2.24, 2.45) is 0 Å². The van der Waals surface area contributed by atoms with Crippen LogP contribution < -0.4 is 16.6 Å². The number of aromatic amines is 1. The number of anilines is 2. The molecule has 0 aliphatic rings. The van der Waals surface area contributed by atoms with Gasteiger partial charge in [0.25, 0.3) is 0 Å². The number of pyridine rings is 2. The number of fused-ring (bicyclic) bond motifs is 1. The van der Waals surface area contributed by atoms with E-state index >= 15 is 0 Å². The van der Waals surface area contributed by atoms with Crippen LogP contribution in [0.5, 0.6) is 0 Å². The topological polar surface area (TPSA) is 130 Å². The van der Waals surface area contributed by atoms with Crippen molar-refractivity contribution in [1.29, 1.82) is 0 Å². The van der Waals surface area contributed by atoms with Gasteiger partial charge in [0.05, 0.1) is 17.7 Å². The molecular formula is C21H28N6O2S. The Morgan fingerprint density at radius 3 is 2.83 bits per heavy atom. The van der Waals surface area contributed by atoms with Crippen molar-refractivity contribution in [2.45, 2.75) is 44.4 Å². The monoisotopic (exact) mass is 428 g/mol. The maximum absolute atomic E-state index is 11.9. The molecule has 5 N–H and O–H groups in total. The number of nitrogens with one attached hydrogen (secondary N) is 2. The number of unbranched alkanes of at least 4 members (excludes halogenated alkanes) is 1. The summed E-state index contributed by atoms with van der Waals surface area (Å²) in [6.45, 7) is 4.02. The maximum atomic E-state index is 11.9. The number of H-pyrrole nitrogens is 1. The summed E-state index contributed by atoms with van der Waals surface area (Å²) < 4.78 is 0. The lowest BCUT2D eigenvalue weighted by molar-refractivity contribution is 0.212. The standard InChI is InChI=1S/C21H28N6O2S/c1-4-5-6-21(2,12-28)27-19-18-16(25-20(22)26-19)7-13(9-24-18)15-8-17(29)23-10-14(15)11-30-3/h7-10,28H,4-6,11-12H2,1-3H3,(H,23,29)(H3,22,25,26,27)/t21-/m1/s1. The molecule has 3 aromatic heterocycles. The number of nitrogen functional groups attached to an aromatic ring is 1. The lowest BCUT2D eigenvalue weighted by Crippen LogP contribution is -2.39. The molecule has 30 heavy (non-hydrogen) atoms. The summed E-state index contributed by atoms with van der Waals surface area (Å²) >= 11 is 1.67. The van der Waals surface area contributed by atoms with E-state index in [-0.39, 0.29) is 18.1 Å². The Morgan fingerprint density at radius 2 is 2.13 bits per heavy atom. The summed E-state index contributed by atoms with van der Waals surface area (Å²) in [4.78, 5) is 27.9. The molecule has 0 saturated heterocycles. The van der Waals surface area contributed by atoms with E-state index < -0.39 is 5.54 Å². The maximum Gasteiger partial charge on any atom is 0.248 e. The van der Waals surface area contributed by atoms with Gasteiger partial charge in [-0.3, -0.25) is 9.78 Å². The van der Waals surface area contributed by atoms with Crippen molar-refractivity contribution in [1.82, 2.24) is 19.9 Å². The van der Waals surface area contributed by atoms with Gasteiger partial charge in [-0.1, -0.05) is 19.8 Å². The fraction of sp³-hybridized carbons (Fsp3) is 0.429. The highest BCUT2D eigenvalue weighted by molar-refractivity contribution is 7.97. The van der Waals surface area contributed by atoms with Gasteiger partial charge >= 0.3 is 0 Å². The smallest absolute Gasteiger partial charge is 0.248 e. The Morgan fingerprint density at radius 1 is 1.33 bits per heavy atom. The molecule has 0 radical (unpaired) electrons. The van der Waals surface area contributed by atoms with Crippen LogP contribution in [-0.4, -0.2) is 43.4 Å². The Labute approximate surface area is 179 Å². The molecule has 0 spiro atoms. The highest BCUT2D eigenvalue weighted by atomic mass is 32.2. The molecule has 0 saturated carbocycles. The number of hydrogen-bond donors (Lipinski definition) is 4. The van der Waals surface area contributed by atoms with E-state index in [1.807, 2.05) is 19.2 Å². The van der Waals surface area contributed by atoms with Gasteiger partial charge in [-0.05, 0) is 36.8 Å². The van der Waals surface area contributed by atoms with Gasteiger partial charge in [0.15, 0.2) is 5.82 Å². The van der Waals surface area contributed by atoms with Crippen LogP contribution in [0.25, 0.3) is 22.2 Å². The van der Waals surface area contributed by atoms with Crippen LogP contribution in [0.4, 0.5) is 11.8 Å². The minimum Gasteiger partial charge on any atom is -0.394 e. The first-order valence-corrected chi connectivity index (χ1v) is 11.3. The second kappa shape index (κ2) is 9.44. The highest BCUT2D eigenvalue weighted by Gasteiger charge is 2.25. The fourth-order valence-electron chi connectivity index (χ4n) is 3.35. The molecule has 3 heterocycles. The molecule has 3 rings (SSSR count). The molecular weight excluding hydrogens is 400 g/mol. The first kappa shape index (κ1) is 22.0. The number of aromatic nitrogens is 4. The molecule has 0 aromatic carbocycles. The zero-order chi connectivity index (χ0) is 21.7. The molecule has 9 heteroatoms. The normalized spacial score (nSPS) is 13.3. The van der Waals surface area contributed by atoms with Gasteiger partial charge in [-0.15, -0.1) is 0 Å². The van der Waals surface area contributed by atoms with Crippen LogP contribution in [-0.2, 0) is 5.75 Å². The quantitative estimate of drug-likeness (QED) is 0.409. The van der Waals surface area contributed by atoms with E-state index in [0.717, 1.165) is 41.7 Å². The SMILES string of the molecule is CCCC[C@](C)(CO)Nc1nc(N)nc2cc(-c3cc(=O)[nH]cc3CSC)cnc12. The van der Waals surface area contributed by atoms with Crippen LogP contribution in [0, 0.1) is 0 Å². The number of nitrogens with two attached hydrogens (primary N) is 1. The second-order valence-electron chi connectivity index (χ2n) is 7.64. The third kappa shape index (κ3) is 4.91. The molecule has 0 aliphatic carbocycles. The number of nitrogens with zero attached hydrogens (tertiary/aromatic N) is 3. The number of aliphatic hydroxyl groups is 1. The van der Waals surface area contributed by atoms with Crippen LogP contribution in [0.15, 0.2) is 29.3 Å². The summed E-state index contributed by atoms with van der Waals surface area (Å²) in [6, 6.07) is 3.44. The molecule has 0 fully saturated rings. The van der Waals surface area contributed by atoms with Crippen molar-refractivity contribution in [3.05, 3.63) is 40.4 Å². The summed E-state index contributed by atoms with van der Waals surface area (Å²) in [7, 11) is 0. The molecule has 0 bridgehead atoms. The third-order valence-corrected chi connectivity index (χ3v) is 5.63. The Bertz CT molecular complexity index is 1090.